The highest BCUT2D eigenvalue weighted by molar-refractivity contribution is 5.99. The second-order valence-electron chi connectivity index (χ2n) is 8.53. The van der Waals surface area contributed by atoms with Crippen LogP contribution in [0.2, 0.25) is 0 Å². The first-order valence-electron chi connectivity index (χ1n) is 11.2. The lowest BCUT2D eigenvalue weighted by molar-refractivity contribution is -0.122. The molecule has 2 aromatic rings. The van der Waals surface area contributed by atoms with Gasteiger partial charge in [-0.3, -0.25) is 9.59 Å². The summed E-state index contributed by atoms with van der Waals surface area (Å²) in [6.45, 7) is 10.2. The number of anilines is 2. The van der Waals surface area contributed by atoms with Crippen LogP contribution < -0.4 is 9.80 Å². The number of hydrogen-bond donors (Lipinski definition) is 0. The third-order valence-corrected chi connectivity index (χ3v) is 6.45. The Kier molecular flexibility index (Phi) is 6.96. The van der Waals surface area contributed by atoms with Gasteiger partial charge in [-0.15, -0.1) is 0 Å². The third kappa shape index (κ3) is 4.14. The van der Waals surface area contributed by atoms with Gasteiger partial charge in [0.2, 0.25) is 11.8 Å². The van der Waals surface area contributed by atoms with Gasteiger partial charge in [-0.1, -0.05) is 64.1 Å². The van der Waals surface area contributed by atoms with Gasteiger partial charge < -0.3 is 9.80 Å². The molecule has 2 aromatic carbocycles. The van der Waals surface area contributed by atoms with Gasteiger partial charge in [-0.05, 0) is 49.9 Å². The Morgan fingerprint density at radius 2 is 1.57 bits per heavy atom. The maximum Gasteiger partial charge on any atom is 0.230 e. The predicted octanol–water partition coefficient (Wildman–Crippen LogP) is 5.98. The maximum atomic E-state index is 13.5. The fourth-order valence-corrected chi connectivity index (χ4v) is 4.24. The first-order chi connectivity index (χ1) is 14.4. The number of nitrogens with zero attached hydrogens (tertiary/aromatic N) is 2. The van der Waals surface area contributed by atoms with E-state index < -0.39 is 0 Å². The molecule has 1 aliphatic heterocycles. The fourth-order valence-electron chi connectivity index (χ4n) is 4.24. The van der Waals surface area contributed by atoms with Crippen LogP contribution in [0.3, 0.4) is 0 Å². The molecule has 4 heteroatoms. The fraction of sp³-hybridized carbons (Fsp3) is 0.462. The molecule has 30 heavy (non-hydrogen) atoms. The van der Waals surface area contributed by atoms with E-state index in [1.165, 1.54) is 0 Å². The lowest BCUT2D eigenvalue weighted by atomic mass is 9.88. The Hall–Kier alpha value is -2.62. The van der Waals surface area contributed by atoms with Gasteiger partial charge in [-0.25, -0.2) is 0 Å². The standard InChI is InChI=1S/C26H34N2O2/c1-6-18(3)25(29)27-20(5)17-24(22-15-11-12-16-23(22)27)28(26(30)19(4)7-2)21-13-9-8-10-14-21/h8-16,18-20,24H,6-7,17H2,1-5H3/t18-,19-,20-,24+/m0/s1. The molecule has 0 bridgehead atoms. The SMILES string of the molecule is CC[C@H](C)C(=O)N(c1ccccc1)[C@@H]1C[C@H](C)N(C(=O)[C@@H](C)CC)c2ccccc21. The minimum Gasteiger partial charge on any atom is -0.309 e. The van der Waals surface area contributed by atoms with Crippen molar-refractivity contribution >= 4 is 23.2 Å². The molecule has 0 unspecified atom stereocenters. The highest BCUT2D eigenvalue weighted by Crippen LogP contribution is 2.43. The summed E-state index contributed by atoms with van der Waals surface area (Å²) in [5.41, 5.74) is 2.90. The summed E-state index contributed by atoms with van der Waals surface area (Å²) in [6.07, 6.45) is 2.33. The smallest absolute Gasteiger partial charge is 0.230 e. The van der Waals surface area contributed by atoms with Gasteiger partial charge in [0.25, 0.3) is 0 Å². The summed E-state index contributed by atoms with van der Waals surface area (Å²) in [4.78, 5) is 30.6. The summed E-state index contributed by atoms with van der Waals surface area (Å²) >= 11 is 0. The van der Waals surface area contributed by atoms with Gasteiger partial charge in [0, 0.05) is 29.3 Å². The highest BCUT2D eigenvalue weighted by Gasteiger charge is 2.39. The average Bonchev–Trinajstić information content (AvgIpc) is 2.78. The van der Waals surface area contributed by atoms with Crippen molar-refractivity contribution in [3.63, 3.8) is 0 Å². The predicted molar refractivity (Wildman–Crippen MR) is 124 cm³/mol. The Morgan fingerprint density at radius 1 is 0.967 bits per heavy atom. The van der Waals surface area contributed by atoms with Crippen molar-refractivity contribution in [2.45, 2.75) is 66.0 Å². The molecule has 0 aliphatic carbocycles. The molecule has 4 nitrogen and oxygen atoms in total. The highest BCUT2D eigenvalue weighted by atomic mass is 16.2. The van der Waals surface area contributed by atoms with Crippen molar-refractivity contribution in [1.29, 1.82) is 0 Å². The number of rotatable bonds is 6. The molecule has 0 saturated heterocycles. The number of fused-ring (bicyclic) bond motifs is 1. The number of carbonyl (C=O) groups excluding carboxylic acids is 2. The van der Waals surface area contributed by atoms with Gasteiger partial charge in [-0.2, -0.15) is 0 Å². The Labute approximate surface area is 180 Å². The Morgan fingerprint density at radius 3 is 2.20 bits per heavy atom. The minimum atomic E-state index is -0.0962. The van der Waals surface area contributed by atoms with E-state index in [1.54, 1.807) is 0 Å². The van der Waals surface area contributed by atoms with Crippen LogP contribution in [0, 0.1) is 11.8 Å². The molecule has 1 heterocycles. The quantitative estimate of drug-likeness (QED) is 0.592. The van der Waals surface area contributed by atoms with E-state index in [2.05, 4.69) is 19.9 Å². The zero-order chi connectivity index (χ0) is 21.8. The molecular weight excluding hydrogens is 372 g/mol. The van der Waals surface area contributed by atoms with Crippen LogP contribution >= 0.6 is 0 Å². The lowest BCUT2D eigenvalue weighted by Crippen LogP contribution is -2.49. The van der Waals surface area contributed by atoms with E-state index in [4.69, 9.17) is 0 Å². The second-order valence-corrected chi connectivity index (χ2v) is 8.53. The normalized spacial score (nSPS) is 20.2. The molecule has 4 atom stereocenters. The number of amides is 2. The van der Waals surface area contributed by atoms with Crippen molar-refractivity contribution < 1.29 is 9.59 Å². The first kappa shape index (κ1) is 22.1. The van der Waals surface area contributed by atoms with E-state index in [0.717, 1.165) is 36.2 Å². The van der Waals surface area contributed by atoms with E-state index >= 15 is 0 Å². The van der Waals surface area contributed by atoms with Gasteiger partial charge in [0.1, 0.15) is 0 Å². The average molecular weight is 407 g/mol. The zero-order valence-corrected chi connectivity index (χ0v) is 18.8. The van der Waals surface area contributed by atoms with Crippen LogP contribution in [0.1, 0.15) is 65.5 Å². The zero-order valence-electron chi connectivity index (χ0n) is 18.8. The molecule has 0 N–H and O–H groups in total. The van der Waals surface area contributed by atoms with Crippen molar-refractivity contribution in [3.8, 4) is 0 Å². The molecule has 0 saturated carbocycles. The van der Waals surface area contributed by atoms with E-state index in [9.17, 15) is 9.59 Å². The summed E-state index contributed by atoms with van der Waals surface area (Å²) in [6, 6.07) is 17.9. The molecule has 0 spiro atoms. The van der Waals surface area contributed by atoms with Crippen LogP contribution in [0.15, 0.2) is 54.6 Å². The van der Waals surface area contributed by atoms with Crippen LogP contribution in [0.5, 0.6) is 0 Å². The number of carbonyl (C=O) groups is 2. The van der Waals surface area contributed by atoms with Crippen LogP contribution in [0.4, 0.5) is 11.4 Å². The number of hydrogen-bond acceptors (Lipinski definition) is 2. The van der Waals surface area contributed by atoms with Crippen LogP contribution in [-0.4, -0.2) is 17.9 Å². The molecule has 0 radical (unpaired) electrons. The van der Waals surface area contributed by atoms with Gasteiger partial charge >= 0.3 is 0 Å². The molecule has 2 amide bonds. The molecular formula is C26H34N2O2. The van der Waals surface area contributed by atoms with E-state index in [0.29, 0.717) is 0 Å². The molecule has 0 aromatic heterocycles. The summed E-state index contributed by atoms with van der Waals surface area (Å²) < 4.78 is 0. The van der Waals surface area contributed by atoms with Crippen LogP contribution in [-0.2, 0) is 9.59 Å². The maximum absolute atomic E-state index is 13.5. The third-order valence-electron chi connectivity index (χ3n) is 6.45. The van der Waals surface area contributed by atoms with Crippen molar-refractivity contribution in [3.05, 3.63) is 60.2 Å². The molecule has 3 rings (SSSR count). The lowest BCUT2D eigenvalue weighted by Gasteiger charge is -2.44. The van der Waals surface area contributed by atoms with Crippen molar-refractivity contribution in [2.24, 2.45) is 11.8 Å². The van der Waals surface area contributed by atoms with Crippen molar-refractivity contribution in [1.82, 2.24) is 0 Å². The molecule has 160 valence electrons. The van der Waals surface area contributed by atoms with E-state index in [-0.39, 0.29) is 35.7 Å². The van der Waals surface area contributed by atoms with E-state index in [1.807, 2.05) is 79.1 Å². The second kappa shape index (κ2) is 9.46. The first-order valence-corrected chi connectivity index (χ1v) is 11.2. The van der Waals surface area contributed by atoms with Crippen molar-refractivity contribution in [2.75, 3.05) is 9.80 Å². The molecule has 1 aliphatic rings. The monoisotopic (exact) mass is 406 g/mol. The Bertz CT molecular complexity index is 880. The summed E-state index contributed by atoms with van der Waals surface area (Å²) in [5, 5.41) is 0. The topological polar surface area (TPSA) is 40.6 Å². The van der Waals surface area contributed by atoms with Gasteiger partial charge in [0.05, 0.1) is 6.04 Å². The largest absolute Gasteiger partial charge is 0.309 e. The van der Waals surface area contributed by atoms with Crippen LogP contribution in [0.25, 0.3) is 0 Å². The molecule has 0 fully saturated rings. The summed E-state index contributed by atoms with van der Waals surface area (Å²) in [5.74, 6) is 0.212. The Balaban J connectivity index is 2.11. The van der Waals surface area contributed by atoms with Gasteiger partial charge in [0.15, 0.2) is 0 Å². The summed E-state index contributed by atoms with van der Waals surface area (Å²) in [7, 11) is 0. The number of para-hydroxylation sites is 2. The minimum absolute atomic E-state index is 0.0161. The number of benzene rings is 2.